The zero-order valence-corrected chi connectivity index (χ0v) is 11.6. The SMILES string of the molecule is C/C=C(\Cl)CC(Cl)CC(Cl)CC(Cl)Cl. The first-order valence-corrected chi connectivity index (χ1v) is 6.45. The van der Waals surface area contributed by atoms with E-state index in [0.717, 1.165) is 5.03 Å². The molecule has 0 saturated heterocycles. The maximum absolute atomic E-state index is 6.04. The topological polar surface area (TPSA) is 0 Å². The number of hydrogen-bond donors (Lipinski definition) is 0. The van der Waals surface area contributed by atoms with E-state index in [2.05, 4.69) is 0 Å². The van der Waals surface area contributed by atoms with Gasteiger partial charge in [0.2, 0.25) is 0 Å². The summed E-state index contributed by atoms with van der Waals surface area (Å²) in [6, 6.07) is 0. The molecule has 84 valence electrons. The van der Waals surface area contributed by atoms with E-state index in [1.165, 1.54) is 0 Å². The molecule has 5 heteroatoms. The molecule has 0 aliphatic carbocycles. The Morgan fingerprint density at radius 3 is 2.07 bits per heavy atom. The van der Waals surface area contributed by atoms with Crippen molar-refractivity contribution in [2.45, 2.75) is 41.8 Å². The monoisotopic (exact) mass is 296 g/mol. The largest absolute Gasteiger partial charge is 0.123 e. The first-order valence-electron chi connectivity index (χ1n) is 4.32. The van der Waals surface area contributed by atoms with Gasteiger partial charge in [-0.15, -0.1) is 46.4 Å². The number of rotatable bonds is 6. The normalized spacial score (nSPS) is 17.2. The summed E-state index contributed by atoms with van der Waals surface area (Å²) in [5.74, 6) is 0. The third kappa shape index (κ3) is 8.49. The summed E-state index contributed by atoms with van der Waals surface area (Å²) in [5.41, 5.74) is 0. The van der Waals surface area contributed by atoms with Crippen LogP contribution in [0.3, 0.4) is 0 Å². The van der Waals surface area contributed by atoms with Gasteiger partial charge in [-0.3, -0.25) is 0 Å². The van der Waals surface area contributed by atoms with Gasteiger partial charge in [-0.05, 0) is 26.2 Å². The fourth-order valence-corrected chi connectivity index (χ4v) is 2.72. The summed E-state index contributed by atoms with van der Waals surface area (Å²) < 4.78 is 0. The molecule has 2 atom stereocenters. The van der Waals surface area contributed by atoms with Gasteiger partial charge >= 0.3 is 0 Å². The highest BCUT2D eigenvalue weighted by Crippen LogP contribution is 2.24. The van der Waals surface area contributed by atoms with Crippen LogP contribution in [0.1, 0.15) is 26.2 Å². The number of alkyl halides is 4. The molecule has 0 radical (unpaired) electrons. The zero-order valence-electron chi connectivity index (χ0n) is 7.82. The van der Waals surface area contributed by atoms with Crippen molar-refractivity contribution in [3.8, 4) is 0 Å². The van der Waals surface area contributed by atoms with Crippen molar-refractivity contribution in [3.63, 3.8) is 0 Å². The minimum absolute atomic E-state index is 0.0618. The molecule has 0 heterocycles. The van der Waals surface area contributed by atoms with Crippen LogP contribution in [0.25, 0.3) is 0 Å². The number of allylic oxidation sites excluding steroid dienone is 2. The summed E-state index contributed by atoms with van der Waals surface area (Å²) >= 11 is 29.0. The molecule has 0 aromatic rings. The van der Waals surface area contributed by atoms with Crippen LogP contribution in [-0.2, 0) is 0 Å². The molecule has 0 fully saturated rings. The van der Waals surface area contributed by atoms with Crippen molar-refractivity contribution in [1.82, 2.24) is 0 Å². The molecule has 0 amide bonds. The molecule has 0 rings (SSSR count). The molecular formula is C9H13Cl5. The summed E-state index contributed by atoms with van der Waals surface area (Å²) in [6.45, 7) is 1.87. The van der Waals surface area contributed by atoms with Gasteiger partial charge in [-0.2, -0.15) is 0 Å². The minimum atomic E-state index is -0.432. The van der Waals surface area contributed by atoms with Gasteiger partial charge in [-0.25, -0.2) is 0 Å². The third-order valence-corrected chi connectivity index (χ3v) is 3.09. The maximum Gasteiger partial charge on any atom is 0.109 e. The molecule has 0 bridgehead atoms. The van der Waals surface area contributed by atoms with Gasteiger partial charge in [0, 0.05) is 15.8 Å². The average Bonchev–Trinajstić information content (AvgIpc) is 2.01. The lowest BCUT2D eigenvalue weighted by molar-refractivity contribution is 0.679. The van der Waals surface area contributed by atoms with E-state index >= 15 is 0 Å². The summed E-state index contributed by atoms with van der Waals surface area (Å²) in [5, 5.41) is 0.592. The van der Waals surface area contributed by atoms with E-state index in [1.807, 2.05) is 13.0 Å². The predicted molar refractivity (Wildman–Crippen MR) is 68.2 cm³/mol. The lowest BCUT2D eigenvalue weighted by atomic mass is 10.1. The van der Waals surface area contributed by atoms with E-state index in [-0.39, 0.29) is 10.8 Å². The second-order valence-corrected chi connectivity index (χ2v) is 5.99. The Morgan fingerprint density at radius 2 is 1.64 bits per heavy atom. The van der Waals surface area contributed by atoms with Crippen LogP contribution in [0.2, 0.25) is 0 Å². The predicted octanol–water partition coefficient (Wildman–Crippen LogP) is 5.32. The Morgan fingerprint density at radius 1 is 1.07 bits per heavy atom. The second kappa shape index (κ2) is 8.35. The van der Waals surface area contributed by atoms with Crippen molar-refractivity contribution in [2.75, 3.05) is 0 Å². The van der Waals surface area contributed by atoms with Crippen molar-refractivity contribution in [2.24, 2.45) is 0 Å². The van der Waals surface area contributed by atoms with E-state index in [9.17, 15) is 0 Å². The standard InChI is InChI=1S/C9H13Cl5/c1-2-6(10)3-7(11)4-8(12)5-9(13)14/h2,7-9H,3-5H2,1H3/b6-2-. The fourth-order valence-electron chi connectivity index (χ4n) is 0.980. The number of halogens is 5. The molecule has 0 aliphatic rings. The van der Waals surface area contributed by atoms with Gasteiger partial charge in [0.25, 0.3) is 0 Å². The second-order valence-electron chi connectivity index (χ2n) is 3.00. The van der Waals surface area contributed by atoms with Crippen LogP contribution in [0.4, 0.5) is 0 Å². The molecule has 0 N–H and O–H groups in total. The van der Waals surface area contributed by atoms with E-state index in [0.29, 0.717) is 19.3 Å². The zero-order chi connectivity index (χ0) is 11.1. The first-order chi connectivity index (χ1) is 6.45. The van der Waals surface area contributed by atoms with Crippen LogP contribution in [0, 0.1) is 0 Å². The van der Waals surface area contributed by atoms with Gasteiger partial charge < -0.3 is 0 Å². The van der Waals surface area contributed by atoms with Crippen LogP contribution in [0.15, 0.2) is 11.1 Å². The summed E-state index contributed by atoms with van der Waals surface area (Å²) in [7, 11) is 0. The molecule has 2 unspecified atom stereocenters. The first kappa shape index (κ1) is 15.2. The Bertz CT molecular complexity index is 178. The van der Waals surface area contributed by atoms with Gasteiger partial charge in [0.1, 0.15) is 4.84 Å². The summed E-state index contributed by atoms with van der Waals surface area (Å²) in [6.07, 6.45) is 3.66. The van der Waals surface area contributed by atoms with E-state index in [1.54, 1.807) is 0 Å². The Balaban J connectivity index is 3.76. The quantitative estimate of drug-likeness (QED) is 0.582. The molecular weight excluding hydrogens is 285 g/mol. The van der Waals surface area contributed by atoms with E-state index in [4.69, 9.17) is 58.0 Å². The minimum Gasteiger partial charge on any atom is -0.123 e. The highest BCUT2D eigenvalue weighted by molar-refractivity contribution is 6.44. The maximum atomic E-state index is 6.04. The van der Waals surface area contributed by atoms with Crippen LogP contribution in [0.5, 0.6) is 0 Å². The van der Waals surface area contributed by atoms with Crippen molar-refractivity contribution < 1.29 is 0 Å². The van der Waals surface area contributed by atoms with Gasteiger partial charge in [-0.1, -0.05) is 17.7 Å². The van der Waals surface area contributed by atoms with Crippen molar-refractivity contribution in [3.05, 3.63) is 11.1 Å². The van der Waals surface area contributed by atoms with Gasteiger partial charge in [0.15, 0.2) is 0 Å². The van der Waals surface area contributed by atoms with Crippen molar-refractivity contribution >= 4 is 58.0 Å². The average molecular weight is 298 g/mol. The highest BCUT2D eigenvalue weighted by atomic mass is 35.5. The third-order valence-electron chi connectivity index (χ3n) is 1.68. The molecule has 0 spiro atoms. The van der Waals surface area contributed by atoms with Crippen LogP contribution < -0.4 is 0 Å². The van der Waals surface area contributed by atoms with Gasteiger partial charge in [0.05, 0.1) is 0 Å². The Hall–Kier alpha value is 1.19. The highest BCUT2D eigenvalue weighted by Gasteiger charge is 2.15. The molecule has 14 heavy (non-hydrogen) atoms. The van der Waals surface area contributed by atoms with E-state index < -0.39 is 4.84 Å². The molecule has 0 nitrogen and oxygen atoms in total. The number of hydrogen-bond acceptors (Lipinski definition) is 0. The summed E-state index contributed by atoms with van der Waals surface area (Å²) in [4.78, 5) is -0.432. The molecule has 0 aromatic carbocycles. The molecule has 0 aromatic heterocycles. The smallest absolute Gasteiger partial charge is 0.109 e. The molecule has 0 saturated carbocycles. The lowest BCUT2D eigenvalue weighted by Gasteiger charge is -2.13. The molecule has 0 aliphatic heterocycles. The van der Waals surface area contributed by atoms with Crippen molar-refractivity contribution in [1.29, 1.82) is 0 Å². The Labute approximate surface area is 110 Å². The Kier molecular flexibility index (Phi) is 9.06. The van der Waals surface area contributed by atoms with Crippen LogP contribution >= 0.6 is 58.0 Å². The van der Waals surface area contributed by atoms with Crippen LogP contribution in [-0.4, -0.2) is 15.6 Å². The lowest BCUT2D eigenvalue weighted by Crippen LogP contribution is -2.11. The fraction of sp³-hybridized carbons (Fsp3) is 0.778.